The molecule has 0 spiro atoms. The Bertz CT molecular complexity index is 1770. The number of ether oxygens (including phenoxy) is 2. The third-order valence-corrected chi connectivity index (χ3v) is 6.98. The van der Waals surface area contributed by atoms with Crippen LogP contribution in [-0.4, -0.2) is 29.5 Å². The summed E-state index contributed by atoms with van der Waals surface area (Å²) in [6.07, 6.45) is 0. The lowest BCUT2D eigenvalue weighted by molar-refractivity contribution is 0.0947. The Morgan fingerprint density at radius 3 is 2.65 bits per heavy atom. The molecule has 0 atom stereocenters. The number of rotatable bonds is 5. The smallest absolute Gasteiger partial charge is 0.270 e. The number of para-hydroxylation sites is 1. The van der Waals surface area contributed by atoms with Gasteiger partial charge in [-0.05, 0) is 35.7 Å². The van der Waals surface area contributed by atoms with Crippen LogP contribution in [0.25, 0.3) is 38.1 Å². The Balaban J connectivity index is 1.70. The van der Waals surface area contributed by atoms with Crippen molar-refractivity contribution in [3.63, 3.8) is 0 Å². The molecule has 2 aromatic carbocycles. The predicted molar refractivity (Wildman–Crippen MR) is 134 cm³/mol. The highest BCUT2D eigenvalue weighted by Crippen LogP contribution is 2.39. The van der Waals surface area contributed by atoms with Crippen molar-refractivity contribution in [3.8, 4) is 11.5 Å². The van der Waals surface area contributed by atoms with Crippen LogP contribution in [0.5, 0.6) is 11.5 Å². The molecule has 6 rings (SSSR count). The van der Waals surface area contributed by atoms with Crippen LogP contribution < -0.4 is 20.3 Å². The molecule has 0 unspecified atom stereocenters. The molecular weight excluding hydrogens is 450 g/mol. The van der Waals surface area contributed by atoms with Gasteiger partial charge in [0.05, 0.1) is 42.7 Å². The molecule has 8 heteroatoms. The van der Waals surface area contributed by atoms with Gasteiger partial charge < -0.3 is 14.8 Å². The Morgan fingerprint density at radius 2 is 1.88 bits per heavy atom. The standard InChI is InChI=1S/C26H19N3O4S/c1-32-20-10-9-16-21(24(20)33-2)26(31)29-19-8-4-3-7-15(19)17-12-18(28-22(16)23(17)29)25(30)27-13-14-6-5-11-34-14/h3-12H,13H2,1-2H3,(H,27,30). The lowest BCUT2D eigenvalue weighted by Crippen LogP contribution is -2.23. The lowest BCUT2D eigenvalue weighted by Gasteiger charge is -2.13. The highest BCUT2D eigenvalue weighted by atomic mass is 32.1. The zero-order valence-electron chi connectivity index (χ0n) is 18.4. The molecule has 0 aliphatic carbocycles. The quantitative estimate of drug-likeness (QED) is 0.373. The van der Waals surface area contributed by atoms with Crippen molar-refractivity contribution in [2.45, 2.75) is 6.54 Å². The van der Waals surface area contributed by atoms with Crippen molar-refractivity contribution < 1.29 is 14.3 Å². The molecule has 0 radical (unpaired) electrons. The number of methoxy groups -OCH3 is 2. The monoisotopic (exact) mass is 469 g/mol. The number of carbonyl (C=O) groups excluding carboxylic acids is 1. The van der Waals surface area contributed by atoms with Crippen LogP contribution in [0.15, 0.2) is 64.8 Å². The molecular formula is C26H19N3O4S. The SMILES string of the molecule is COc1ccc2c(c1OC)c(=O)n1c3ccccc3c3cc(C(=O)NCc4cccs4)nc2c31. The number of pyridine rings is 2. The van der Waals surface area contributed by atoms with E-state index in [-0.39, 0.29) is 17.2 Å². The second-order valence-corrected chi connectivity index (χ2v) is 8.93. The van der Waals surface area contributed by atoms with E-state index in [1.807, 2.05) is 41.8 Å². The second-order valence-electron chi connectivity index (χ2n) is 7.90. The zero-order valence-corrected chi connectivity index (χ0v) is 19.2. The number of nitrogens with one attached hydrogen (secondary N) is 1. The minimum Gasteiger partial charge on any atom is -0.493 e. The summed E-state index contributed by atoms with van der Waals surface area (Å²) in [7, 11) is 3.04. The van der Waals surface area contributed by atoms with E-state index in [9.17, 15) is 9.59 Å². The molecule has 168 valence electrons. The molecule has 1 N–H and O–H groups in total. The second kappa shape index (κ2) is 7.71. The first-order valence-electron chi connectivity index (χ1n) is 10.7. The molecule has 0 bridgehead atoms. The fraction of sp³-hybridized carbons (Fsp3) is 0.115. The van der Waals surface area contributed by atoms with Gasteiger partial charge >= 0.3 is 0 Å². The van der Waals surface area contributed by atoms with E-state index in [0.717, 1.165) is 21.2 Å². The first-order chi connectivity index (χ1) is 16.6. The number of nitrogens with zero attached hydrogens (tertiary/aromatic N) is 2. The number of carbonyl (C=O) groups is 1. The largest absolute Gasteiger partial charge is 0.493 e. The van der Waals surface area contributed by atoms with E-state index >= 15 is 0 Å². The summed E-state index contributed by atoms with van der Waals surface area (Å²) in [4.78, 5) is 32.7. The molecule has 0 fully saturated rings. The summed E-state index contributed by atoms with van der Waals surface area (Å²) in [5.74, 6) is 0.522. The number of thiophene rings is 1. The number of amides is 1. The summed E-state index contributed by atoms with van der Waals surface area (Å²) >= 11 is 1.58. The maximum atomic E-state index is 13.8. The lowest BCUT2D eigenvalue weighted by atomic mass is 10.1. The molecule has 0 saturated heterocycles. The molecule has 6 aromatic rings. The normalized spacial score (nSPS) is 11.6. The van der Waals surface area contributed by atoms with E-state index in [2.05, 4.69) is 5.32 Å². The average Bonchev–Trinajstić information content (AvgIpc) is 3.51. The topological polar surface area (TPSA) is 81.9 Å². The summed E-state index contributed by atoms with van der Waals surface area (Å²) in [6, 6.07) is 16.9. The molecule has 4 heterocycles. The van der Waals surface area contributed by atoms with Gasteiger partial charge in [-0.25, -0.2) is 4.98 Å². The predicted octanol–water partition coefficient (Wildman–Crippen LogP) is 4.60. The Labute approximate surface area is 197 Å². The van der Waals surface area contributed by atoms with Gasteiger partial charge in [-0.2, -0.15) is 0 Å². The van der Waals surface area contributed by atoms with Crippen molar-refractivity contribution in [1.82, 2.24) is 14.7 Å². The summed E-state index contributed by atoms with van der Waals surface area (Å²) in [6.45, 7) is 0.424. The number of fused-ring (bicyclic) bond motifs is 5. The van der Waals surface area contributed by atoms with Gasteiger partial charge in [0.15, 0.2) is 11.5 Å². The summed E-state index contributed by atoms with van der Waals surface area (Å²) in [5.41, 5.74) is 2.06. The van der Waals surface area contributed by atoms with Crippen LogP contribution >= 0.6 is 11.3 Å². The molecule has 34 heavy (non-hydrogen) atoms. The van der Waals surface area contributed by atoms with E-state index in [1.54, 1.807) is 33.9 Å². The van der Waals surface area contributed by atoms with Gasteiger partial charge in [0.1, 0.15) is 5.69 Å². The molecule has 4 aromatic heterocycles. The maximum absolute atomic E-state index is 13.8. The first-order valence-corrected chi connectivity index (χ1v) is 11.5. The van der Waals surface area contributed by atoms with Crippen LogP contribution in [0.3, 0.4) is 0 Å². The van der Waals surface area contributed by atoms with Crippen LogP contribution in [0, 0.1) is 0 Å². The van der Waals surface area contributed by atoms with Crippen LogP contribution in [0.2, 0.25) is 0 Å². The molecule has 0 aliphatic heterocycles. The Morgan fingerprint density at radius 1 is 1.03 bits per heavy atom. The fourth-order valence-corrected chi connectivity index (χ4v) is 5.27. The molecule has 0 saturated carbocycles. The minimum atomic E-state index is -0.276. The van der Waals surface area contributed by atoms with Gasteiger partial charge in [0, 0.05) is 21.0 Å². The van der Waals surface area contributed by atoms with Gasteiger partial charge in [0.25, 0.3) is 11.5 Å². The average molecular weight is 470 g/mol. The zero-order chi connectivity index (χ0) is 23.4. The molecule has 0 aliphatic rings. The van der Waals surface area contributed by atoms with Crippen molar-refractivity contribution in [3.05, 3.63) is 80.9 Å². The Kier molecular flexibility index (Phi) is 4.63. The van der Waals surface area contributed by atoms with Crippen LogP contribution in [0.4, 0.5) is 0 Å². The van der Waals surface area contributed by atoms with Crippen molar-refractivity contribution in [2.75, 3.05) is 14.2 Å². The van der Waals surface area contributed by atoms with E-state index in [1.165, 1.54) is 14.2 Å². The van der Waals surface area contributed by atoms with Crippen LogP contribution in [-0.2, 0) is 6.54 Å². The van der Waals surface area contributed by atoms with Gasteiger partial charge in [-0.3, -0.25) is 14.0 Å². The molecule has 1 amide bonds. The number of aromatic nitrogens is 2. The third kappa shape index (κ3) is 2.85. The van der Waals surface area contributed by atoms with Crippen molar-refractivity contribution in [2.24, 2.45) is 0 Å². The van der Waals surface area contributed by atoms with Crippen molar-refractivity contribution >= 4 is 55.3 Å². The highest BCUT2D eigenvalue weighted by Gasteiger charge is 2.24. The Hall–Kier alpha value is -4.17. The summed E-state index contributed by atoms with van der Waals surface area (Å²) in [5, 5.41) is 7.57. The van der Waals surface area contributed by atoms with E-state index in [4.69, 9.17) is 14.5 Å². The highest BCUT2D eigenvalue weighted by molar-refractivity contribution is 7.09. The maximum Gasteiger partial charge on any atom is 0.270 e. The van der Waals surface area contributed by atoms with Gasteiger partial charge in [-0.15, -0.1) is 11.3 Å². The van der Waals surface area contributed by atoms with Crippen LogP contribution in [0.1, 0.15) is 15.4 Å². The number of hydrogen-bond donors (Lipinski definition) is 1. The molecule has 7 nitrogen and oxygen atoms in total. The summed E-state index contributed by atoms with van der Waals surface area (Å²) < 4.78 is 12.7. The van der Waals surface area contributed by atoms with Crippen molar-refractivity contribution in [1.29, 1.82) is 0 Å². The van der Waals surface area contributed by atoms with E-state index in [0.29, 0.717) is 39.8 Å². The fourth-order valence-electron chi connectivity index (χ4n) is 4.62. The van der Waals surface area contributed by atoms with Gasteiger partial charge in [0.2, 0.25) is 0 Å². The van der Waals surface area contributed by atoms with Gasteiger partial charge in [-0.1, -0.05) is 24.3 Å². The van der Waals surface area contributed by atoms with E-state index < -0.39 is 0 Å². The third-order valence-electron chi connectivity index (χ3n) is 6.11. The minimum absolute atomic E-state index is 0.221. The first kappa shape index (κ1) is 20.4. The number of benzene rings is 2. The number of hydrogen-bond acceptors (Lipinski definition) is 6.